The first-order chi connectivity index (χ1) is 9.69. The first-order valence-electron chi connectivity index (χ1n) is 7.34. The Morgan fingerprint density at radius 2 is 2.05 bits per heavy atom. The molecule has 0 fully saturated rings. The van der Waals surface area contributed by atoms with E-state index < -0.39 is 0 Å². The average Bonchev–Trinajstić information content (AvgIpc) is 2.46. The van der Waals surface area contributed by atoms with E-state index in [-0.39, 0.29) is 11.9 Å². The van der Waals surface area contributed by atoms with E-state index >= 15 is 0 Å². The first-order valence-corrected chi connectivity index (χ1v) is 8.73. The van der Waals surface area contributed by atoms with Gasteiger partial charge in [-0.3, -0.25) is 0 Å². The lowest BCUT2D eigenvalue weighted by Crippen LogP contribution is -2.29. The summed E-state index contributed by atoms with van der Waals surface area (Å²) in [6, 6.07) is 7.21. The smallest absolute Gasteiger partial charge is 0.127 e. The Morgan fingerprint density at radius 1 is 1.30 bits per heavy atom. The van der Waals surface area contributed by atoms with Gasteiger partial charge in [-0.05, 0) is 45.3 Å². The van der Waals surface area contributed by atoms with Crippen molar-refractivity contribution in [2.45, 2.75) is 25.8 Å². The van der Waals surface area contributed by atoms with Crippen molar-refractivity contribution in [2.24, 2.45) is 0 Å². The Morgan fingerprint density at radius 3 is 2.70 bits per heavy atom. The molecule has 0 aliphatic carbocycles. The van der Waals surface area contributed by atoms with Crippen LogP contribution in [0.2, 0.25) is 0 Å². The molecule has 1 atom stereocenters. The van der Waals surface area contributed by atoms with Crippen LogP contribution in [-0.2, 0) is 0 Å². The van der Waals surface area contributed by atoms with Crippen molar-refractivity contribution in [3.05, 3.63) is 35.6 Å². The normalized spacial score (nSPS) is 12.8. The molecule has 1 rings (SSSR count). The van der Waals surface area contributed by atoms with Crippen molar-refractivity contribution >= 4 is 11.8 Å². The van der Waals surface area contributed by atoms with Crippen molar-refractivity contribution in [2.75, 3.05) is 38.7 Å². The molecule has 1 N–H and O–H groups in total. The Balaban J connectivity index is 2.58. The predicted molar refractivity (Wildman–Crippen MR) is 87.9 cm³/mol. The number of benzene rings is 1. The standard InChI is InChI=1S/C16H27FN2S/c1-4-10-18-16(9-11-19(2)12-13-20-3)14-7-5-6-8-15(14)17/h5-8,16,18H,4,9-13H2,1-3H3. The van der Waals surface area contributed by atoms with Gasteiger partial charge in [0.15, 0.2) is 0 Å². The van der Waals surface area contributed by atoms with Gasteiger partial charge < -0.3 is 10.2 Å². The third-order valence-corrected chi connectivity index (χ3v) is 3.99. The van der Waals surface area contributed by atoms with E-state index in [4.69, 9.17) is 0 Å². The van der Waals surface area contributed by atoms with Crippen LogP contribution in [0, 0.1) is 5.82 Å². The second-order valence-electron chi connectivity index (χ2n) is 5.11. The van der Waals surface area contributed by atoms with Gasteiger partial charge in [0.2, 0.25) is 0 Å². The quantitative estimate of drug-likeness (QED) is 0.711. The number of nitrogens with one attached hydrogen (secondary N) is 1. The molecule has 0 saturated carbocycles. The minimum Gasteiger partial charge on any atom is -0.310 e. The lowest BCUT2D eigenvalue weighted by Gasteiger charge is -2.23. The molecule has 2 nitrogen and oxygen atoms in total. The van der Waals surface area contributed by atoms with Crippen molar-refractivity contribution < 1.29 is 4.39 Å². The summed E-state index contributed by atoms with van der Waals surface area (Å²) in [5.41, 5.74) is 0.791. The summed E-state index contributed by atoms with van der Waals surface area (Å²) in [7, 11) is 2.13. The highest BCUT2D eigenvalue weighted by Gasteiger charge is 2.15. The Kier molecular flexibility index (Phi) is 8.90. The molecule has 0 amide bonds. The molecule has 0 aromatic heterocycles. The zero-order valence-electron chi connectivity index (χ0n) is 12.9. The highest BCUT2D eigenvalue weighted by atomic mass is 32.2. The third kappa shape index (κ3) is 6.25. The number of thioether (sulfide) groups is 1. The molecule has 1 aromatic rings. The van der Waals surface area contributed by atoms with Gasteiger partial charge in [0, 0.05) is 23.9 Å². The minimum atomic E-state index is -0.104. The van der Waals surface area contributed by atoms with E-state index in [1.165, 1.54) is 0 Å². The number of hydrogen-bond donors (Lipinski definition) is 1. The van der Waals surface area contributed by atoms with Crippen LogP contribution in [0.1, 0.15) is 31.4 Å². The van der Waals surface area contributed by atoms with Gasteiger partial charge in [0.1, 0.15) is 5.82 Å². The molecular formula is C16H27FN2S. The van der Waals surface area contributed by atoms with E-state index in [2.05, 4.69) is 30.4 Å². The summed E-state index contributed by atoms with van der Waals surface area (Å²) in [6.07, 6.45) is 4.12. The number of halogens is 1. The van der Waals surface area contributed by atoms with Gasteiger partial charge in [-0.2, -0.15) is 11.8 Å². The summed E-state index contributed by atoms with van der Waals surface area (Å²) in [6.45, 7) is 5.12. The molecule has 20 heavy (non-hydrogen) atoms. The molecular weight excluding hydrogens is 271 g/mol. The number of rotatable bonds is 10. The van der Waals surface area contributed by atoms with E-state index in [1.807, 2.05) is 23.9 Å². The molecule has 1 unspecified atom stereocenters. The fourth-order valence-corrected chi connectivity index (χ4v) is 2.65. The fraction of sp³-hybridized carbons (Fsp3) is 0.625. The zero-order valence-corrected chi connectivity index (χ0v) is 13.7. The molecule has 0 aliphatic heterocycles. The second-order valence-corrected chi connectivity index (χ2v) is 6.10. The molecule has 0 spiro atoms. The average molecular weight is 298 g/mol. The minimum absolute atomic E-state index is 0.104. The van der Waals surface area contributed by atoms with Gasteiger partial charge in [-0.1, -0.05) is 25.1 Å². The Hall–Kier alpha value is -0.580. The predicted octanol–water partition coefficient (Wildman–Crippen LogP) is 3.55. The molecule has 0 aliphatic rings. The highest BCUT2D eigenvalue weighted by molar-refractivity contribution is 7.98. The monoisotopic (exact) mass is 298 g/mol. The molecule has 4 heteroatoms. The molecule has 0 saturated heterocycles. The van der Waals surface area contributed by atoms with E-state index in [9.17, 15) is 4.39 Å². The maximum atomic E-state index is 13.9. The van der Waals surface area contributed by atoms with Crippen molar-refractivity contribution in [3.63, 3.8) is 0 Å². The molecule has 114 valence electrons. The zero-order chi connectivity index (χ0) is 14.8. The van der Waals surface area contributed by atoms with Gasteiger partial charge >= 0.3 is 0 Å². The van der Waals surface area contributed by atoms with Crippen molar-refractivity contribution in [1.82, 2.24) is 10.2 Å². The van der Waals surface area contributed by atoms with E-state index in [0.717, 1.165) is 43.8 Å². The Labute approximate surface area is 127 Å². The largest absolute Gasteiger partial charge is 0.310 e. The second kappa shape index (κ2) is 10.2. The first kappa shape index (κ1) is 17.5. The van der Waals surface area contributed by atoms with Gasteiger partial charge in [-0.15, -0.1) is 0 Å². The van der Waals surface area contributed by atoms with Crippen LogP contribution < -0.4 is 5.32 Å². The van der Waals surface area contributed by atoms with Crippen LogP contribution in [0.15, 0.2) is 24.3 Å². The lowest BCUT2D eigenvalue weighted by molar-refractivity contribution is 0.321. The van der Waals surface area contributed by atoms with Crippen LogP contribution in [0.5, 0.6) is 0 Å². The van der Waals surface area contributed by atoms with Crippen molar-refractivity contribution in [3.8, 4) is 0 Å². The van der Waals surface area contributed by atoms with E-state index in [0.29, 0.717) is 0 Å². The number of nitrogens with zero attached hydrogens (tertiary/aromatic N) is 1. The highest BCUT2D eigenvalue weighted by Crippen LogP contribution is 2.20. The van der Waals surface area contributed by atoms with Crippen LogP contribution in [0.3, 0.4) is 0 Å². The van der Waals surface area contributed by atoms with Gasteiger partial charge in [0.25, 0.3) is 0 Å². The Bertz CT molecular complexity index is 373. The topological polar surface area (TPSA) is 15.3 Å². The molecule has 0 radical (unpaired) electrons. The summed E-state index contributed by atoms with van der Waals surface area (Å²) in [4.78, 5) is 2.32. The van der Waals surface area contributed by atoms with Crippen LogP contribution in [-0.4, -0.2) is 43.6 Å². The fourth-order valence-electron chi connectivity index (χ4n) is 2.15. The van der Waals surface area contributed by atoms with Crippen LogP contribution in [0.4, 0.5) is 4.39 Å². The number of hydrogen-bond acceptors (Lipinski definition) is 3. The van der Waals surface area contributed by atoms with Gasteiger partial charge in [0.05, 0.1) is 0 Å². The maximum Gasteiger partial charge on any atom is 0.127 e. The molecule has 0 bridgehead atoms. The molecule has 0 heterocycles. The SMILES string of the molecule is CCCNC(CCN(C)CCSC)c1ccccc1F. The van der Waals surface area contributed by atoms with Gasteiger partial charge in [-0.25, -0.2) is 4.39 Å². The van der Waals surface area contributed by atoms with Crippen LogP contribution >= 0.6 is 11.8 Å². The third-order valence-electron chi connectivity index (χ3n) is 3.40. The maximum absolute atomic E-state index is 13.9. The summed E-state index contributed by atoms with van der Waals surface area (Å²) >= 11 is 1.86. The van der Waals surface area contributed by atoms with Crippen molar-refractivity contribution in [1.29, 1.82) is 0 Å². The summed E-state index contributed by atoms with van der Waals surface area (Å²) in [5.74, 6) is 1.04. The van der Waals surface area contributed by atoms with E-state index in [1.54, 1.807) is 12.1 Å². The lowest BCUT2D eigenvalue weighted by atomic mass is 10.0. The van der Waals surface area contributed by atoms with Crippen LogP contribution in [0.25, 0.3) is 0 Å². The summed E-state index contributed by atoms with van der Waals surface area (Å²) in [5, 5.41) is 3.47. The molecule has 1 aromatic carbocycles. The summed E-state index contributed by atoms with van der Waals surface area (Å²) < 4.78 is 13.9.